The topological polar surface area (TPSA) is 72.2 Å². The molecule has 1 aliphatic carbocycles. The third kappa shape index (κ3) is 5.82. The SMILES string of the molecule is O=C(Nc1ccc2c(c1)CCC2)C(c1ccccc1)C1CCN(c2ccc(-n3ncn(Cc4ccccc4)c3=O)cc2)CC1. The standard InChI is InChI=1S/C37H37N5O2/c43-36(39-32-15-14-28-12-7-13-31(28)24-32)35(29-10-5-2-6-11-29)30-20-22-40(23-21-30)33-16-18-34(19-17-33)42-37(44)41(26-38-42)25-27-8-3-1-4-9-27/h1-6,8-11,14-19,24,26,30,35H,7,12-13,20-23,25H2,(H,39,43). The van der Waals surface area contributed by atoms with E-state index in [9.17, 15) is 9.59 Å². The van der Waals surface area contributed by atoms with Gasteiger partial charge in [0.25, 0.3) is 0 Å². The second kappa shape index (κ2) is 12.4. The van der Waals surface area contributed by atoms with Gasteiger partial charge in [-0.1, -0.05) is 66.7 Å². The number of anilines is 2. The molecule has 7 rings (SSSR count). The number of carbonyl (C=O) groups is 1. The normalized spacial score (nSPS) is 15.6. The number of fused-ring (bicyclic) bond motifs is 1. The maximum absolute atomic E-state index is 13.8. The summed E-state index contributed by atoms with van der Waals surface area (Å²) in [5.74, 6) is 0.121. The van der Waals surface area contributed by atoms with Crippen molar-refractivity contribution in [1.29, 1.82) is 0 Å². The van der Waals surface area contributed by atoms with Crippen molar-refractivity contribution in [2.75, 3.05) is 23.3 Å². The van der Waals surface area contributed by atoms with Gasteiger partial charge in [0, 0.05) is 24.5 Å². The minimum atomic E-state index is -0.202. The Hall–Kier alpha value is -4.91. The zero-order valence-electron chi connectivity index (χ0n) is 24.8. The summed E-state index contributed by atoms with van der Waals surface area (Å²) in [4.78, 5) is 29.2. The van der Waals surface area contributed by atoms with Gasteiger partial charge in [0.05, 0.1) is 18.2 Å². The highest BCUT2D eigenvalue weighted by molar-refractivity contribution is 5.96. The molecule has 7 nitrogen and oxygen atoms in total. The molecule has 0 spiro atoms. The van der Waals surface area contributed by atoms with Crippen LogP contribution in [0.15, 0.2) is 114 Å². The fourth-order valence-corrected chi connectivity index (χ4v) is 6.86. The summed E-state index contributed by atoms with van der Waals surface area (Å²) in [5.41, 5.74) is 7.51. The highest BCUT2D eigenvalue weighted by Gasteiger charge is 2.33. The van der Waals surface area contributed by atoms with Crippen LogP contribution < -0.4 is 15.9 Å². The van der Waals surface area contributed by atoms with E-state index in [1.165, 1.54) is 22.2 Å². The summed E-state index contributed by atoms with van der Waals surface area (Å²) in [6.07, 6.45) is 6.85. The third-order valence-electron chi connectivity index (χ3n) is 9.21. The number of benzene rings is 4. The van der Waals surface area contributed by atoms with Crippen LogP contribution in [0.25, 0.3) is 5.69 Å². The van der Waals surface area contributed by atoms with E-state index in [1.807, 2.05) is 60.7 Å². The lowest BCUT2D eigenvalue weighted by Crippen LogP contribution is -2.38. The zero-order chi connectivity index (χ0) is 29.9. The number of nitrogens with zero attached hydrogens (tertiary/aromatic N) is 4. The van der Waals surface area contributed by atoms with Gasteiger partial charge in [-0.15, -0.1) is 0 Å². The van der Waals surface area contributed by atoms with Crippen molar-refractivity contribution in [2.45, 2.75) is 44.6 Å². The molecule has 44 heavy (non-hydrogen) atoms. The van der Waals surface area contributed by atoms with Crippen molar-refractivity contribution in [3.63, 3.8) is 0 Å². The molecule has 1 amide bonds. The van der Waals surface area contributed by atoms with Crippen molar-refractivity contribution < 1.29 is 4.79 Å². The van der Waals surface area contributed by atoms with Gasteiger partial charge in [0.2, 0.25) is 5.91 Å². The lowest BCUT2D eigenvalue weighted by Gasteiger charge is -2.37. The lowest BCUT2D eigenvalue weighted by atomic mass is 9.79. The highest BCUT2D eigenvalue weighted by atomic mass is 16.2. The lowest BCUT2D eigenvalue weighted by molar-refractivity contribution is -0.118. The molecule has 1 aromatic heterocycles. The van der Waals surface area contributed by atoms with Crippen molar-refractivity contribution in [3.8, 4) is 5.69 Å². The smallest absolute Gasteiger partial charge is 0.350 e. The second-order valence-corrected chi connectivity index (χ2v) is 12.0. The summed E-state index contributed by atoms with van der Waals surface area (Å²) in [6, 6.07) is 34.6. The number of aryl methyl sites for hydroxylation is 2. The fourth-order valence-electron chi connectivity index (χ4n) is 6.86. The molecule has 7 heteroatoms. The summed E-state index contributed by atoms with van der Waals surface area (Å²) in [7, 11) is 0. The van der Waals surface area contributed by atoms with E-state index in [0.29, 0.717) is 6.54 Å². The Morgan fingerprint density at radius 2 is 1.50 bits per heavy atom. The number of amides is 1. The molecular formula is C37H37N5O2. The second-order valence-electron chi connectivity index (χ2n) is 12.0. The molecule has 0 radical (unpaired) electrons. The molecule has 4 aromatic carbocycles. The molecule has 1 atom stereocenters. The first-order valence-corrected chi connectivity index (χ1v) is 15.6. The van der Waals surface area contributed by atoms with Crippen LogP contribution in [0.3, 0.4) is 0 Å². The summed E-state index contributed by atoms with van der Waals surface area (Å²) < 4.78 is 3.07. The van der Waals surface area contributed by atoms with Crippen molar-refractivity contribution in [3.05, 3.63) is 142 Å². The fraction of sp³-hybridized carbons (Fsp3) is 0.270. The maximum Gasteiger partial charge on any atom is 0.350 e. The van der Waals surface area contributed by atoms with E-state index < -0.39 is 0 Å². The van der Waals surface area contributed by atoms with Crippen LogP contribution in [-0.4, -0.2) is 33.3 Å². The Bertz CT molecular complexity index is 1790. The number of hydrogen-bond acceptors (Lipinski definition) is 4. The Morgan fingerprint density at radius 1 is 0.818 bits per heavy atom. The first kappa shape index (κ1) is 27.9. The first-order chi connectivity index (χ1) is 21.6. The van der Waals surface area contributed by atoms with Gasteiger partial charge >= 0.3 is 5.69 Å². The van der Waals surface area contributed by atoms with E-state index >= 15 is 0 Å². The van der Waals surface area contributed by atoms with Crippen molar-refractivity contribution in [2.24, 2.45) is 5.92 Å². The van der Waals surface area contributed by atoms with Gasteiger partial charge in [-0.3, -0.25) is 9.36 Å². The van der Waals surface area contributed by atoms with E-state index in [-0.39, 0.29) is 23.4 Å². The van der Waals surface area contributed by atoms with E-state index in [1.54, 1.807) is 10.9 Å². The minimum absolute atomic E-state index is 0.0779. The summed E-state index contributed by atoms with van der Waals surface area (Å²) in [6.45, 7) is 2.22. The Morgan fingerprint density at radius 3 is 2.25 bits per heavy atom. The number of aromatic nitrogens is 3. The quantitative estimate of drug-likeness (QED) is 0.236. The van der Waals surface area contributed by atoms with Crippen LogP contribution in [0, 0.1) is 5.92 Å². The number of hydrogen-bond donors (Lipinski definition) is 1. The number of piperidine rings is 1. The molecule has 1 fully saturated rings. The predicted molar refractivity (Wildman–Crippen MR) is 175 cm³/mol. The van der Waals surface area contributed by atoms with Gasteiger partial charge < -0.3 is 10.2 Å². The molecule has 2 heterocycles. The minimum Gasteiger partial charge on any atom is -0.372 e. The summed E-state index contributed by atoms with van der Waals surface area (Å²) >= 11 is 0. The van der Waals surface area contributed by atoms with Gasteiger partial charge in [-0.2, -0.15) is 9.78 Å². The van der Waals surface area contributed by atoms with Gasteiger partial charge in [-0.05, 0) is 96.7 Å². The molecule has 1 aliphatic heterocycles. The molecular weight excluding hydrogens is 546 g/mol. The van der Waals surface area contributed by atoms with Crippen LogP contribution in [0.1, 0.15) is 47.4 Å². The van der Waals surface area contributed by atoms with Gasteiger partial charge in [0.15, 0.2) is 0 Å². The molecule has 5 aromatic rings. The average molecular weight is 584 g/mol. The van der Waals surface area contributed by atoms with Crippen LogP contribution >= 0.6 is 0 Å². The predicted octanol–water partition coefficient (Wildman–Crippen LogP) is 6.21. The Balaban J connectivity index is 1.02. The molecule has 1 N–H and O–H groups in total. The molecule has 0 bridgehead atoms. The van der Waals surface area contributed by atoms with Crippen LogP contribution in [0.2, 0.25) is 0 Å². The molecule has 1 saturated heterocycles. The van der Waals surface area contributed by atoms with Crippen LogP contribution in [0.4, 0.5) is 11.4 Å². The maximum atomic E-state index is 13.8. The Labute approximate surface area is 257 Å². The molecule has 2 aliphatic rings. The van der Waals surface area contributed by atoms with E-state index in [2.05, 4.69) is 57.8 Å². The van der Waals surface area contributed by atoms with Crippen molar-refractivity contribution in [1.82, 2.24) is 14.3 Å². The monoisotopic (exact) mass is 583 g/mol. The number of nitrogens with one attached hydrogen (secondary N) is 1. The number of carbonyl (C=O) groups excluding carboxylic acids is 1. The van der Waals surface area contributed by atoms with Crippen LogP contribution in [-0.2, 0) is 24.2 Å². The van der Waals surface area contributed by atoms with Gasteiger partial charge in [0.1, 0.15) is 6.33 Å². The van der Waals surface area contributed by atoms with Crippen LogP contribution in [0.5, 0.6) is 0 Å². The third-order valence-corrected chi connectivity index (χ3v) is 9.21. The van der Waals surface area contributed by atoms with E-state index in [4.69, 9.17) is 0 Å². The summed E-state index contributed by atoms with van der Waals surface area (Å²) in [5, 5.41) is 7.63. The molecule has 0 saturated carbocycles. The largest absolute Gasteiger partial charge is 0.372 e. The zero-order valence-corrected chi connectivity index (χ0v) is 24.8. The Kier molecular flexibility index (Phi) is 7.84. The average Bonchev–Trinajstić information content (AvgIpc) is 3.68. The van der Waals surface area contributed by atoms with Gasteiger partial charge in [-0.25, -0.2) is 4.79 Å². The van der Waals surface area contributed by atoms with E-state index in [0.717, 1.165) is 67.0 Å². The number of rotatable bonds is 8. The molecule has 222 valence electrons. The molecule has 1 unspecified atom stereocenters. The first-order valence-electron chi connectivity index (χ1n) is 15.6. The van der Waals surface area contributed by atoms with Crippen molar-refractivity contribution >= 4 is 17.3 Å². The highest BCUT2D eigenvalue weighted by Crippen LogP contribution is 2.36.